The molecule has 0 atom stereocenters. The molecule has 0 saturated heterocycles. The van der Waals surface area contributed by atoms with Crippen molar-refractivity contribution in [3.05, 3.63) is 86.1 Å². The first-order valence-corrected chi connectivity index (χ1v) is 9.34. The molecule has 0 aliphatic heterocycles. The van der Waals surface area contributed by atoms with Crippen LogP contribution in [0.15, 0.2) is 54.6 Å². The summed E-state index contributed by atoms with van der Waals surface area (Å²) in [6, 6.07) is 13.9. The first-order valence-electron chi connectivity index (χ1n) is 7.83. The second-order valence-electron chi connectivity index (χ2n) is 5.57. The number of carbonyl (C=O) groups excluding carboxylic acids is 2. The van der Waals surface area contributed by atoms with Crippen LogP contribution >= 0.6 is 46.4 Å². The van der Waals surface area contributed by atoms with Crippen molar-refractivity contribution >= 4 is 69.6 Å². The molecule has 0 saturated carbocycles. The van der Waals surface area contributed by atoms with E-state index in [4.69, 9.17) is 46.4 Å². The Kier molecular flexibility index (Phi) is 6.42. The standard InChI is InChI=1S/C19H11Cl4N3O2/c20-12-6-4-10(8-14(12)22)24-18(27)16-2-1-3-17(26-16)19(28)25-11-5-7-13(21)15(23)9-11/h1-9H,(H,24,27)(H,25,28). The third-order valence-electron chi connectivity index (χ3n) is 3.57. The average molecular weight is 455 g/mol. The molecule has 0 spiro atoms. The number of hydrogen-bond acceptors (Lipinski definition) is 3. The first-order chi connectivity index (χ1) is 13.3. The van der Waals surface area contributed by atoms with Crippen LogP contribution < -0.4 is 10.6 Å². The Balaban J connectivity index is 1.75. The number of pyridine rings is 1. The van der Waals surface area contributed by atoms with E-state index in [1.54, 1.807) is 30.3 Å². The quantitative estimate of drug-likeness (QED) is 0.492. The van der Waals surface area contributed by atoms with E-state index >= 15 is 0 Å². The third kappa shape index (κ3) is 4.94. The Bertz CT molecular complexity index is 992. The van der Waals surface area contributed by atoms with Gasteiger partial charge in [-0.15, -0.1) is 0 Å². The molecule has 2 aromatic carbocycles. The Morgan fingerprint density at radius 3 is 1.46 bits per heavy atom. The van der Waals surface area contributed by atoms with Gasteiger partial charge in [0.25, 0.3) is 11.8 Å². The topological polar surface area (TPSA) is 71.1 Å². The number of hydrogen-bond donors (Lipinski definition) is 2. The highest BCUT2D eigenvalue weighted by Gasteiger charge is 2.14. The zero-order valence-corrected chi connectivity index (χ0v) is 17.0. The first kappa shape index (κ1) is 20.4. The SMILES string of the molecule is O=C(Nc1ccc(Cl)c(Cl)c1)c1cccc(C(=O)Nc2ccc(Cl)c(Cl)c2)n1. The lowest BCUT2D eigenvalue weighted by Crippen LogP contribution is -2.18. The minimum atomic E-state index is -0.498. The maximum Gasteiger partial charge on any atom is 0.274 e. The lowest BCUT2D eigenvalue weighted by atomic mass is 10.2. The van der Waals surface area contributed by atoms with Gasteiger partial charge in [-0.2, -0.15) is 0 Å². The van der Waals surface area contributed by atoms with Crippen LogP contribution in [0.25, 0.3) is 0 Å². The molecule has 2 N–H and O–H groups in total. The lowest BCUT2D eigenvalue weighted by molar-refractivity contribution is 0.101. The van der Waals surface area contributed by atoms with Crippen LogP contribution in [0.5, 0.6) is 0 Å². The van der Waals surface area contributed by atoms with E-state index in [-0.39, 0.29) is 11.4 Å². The molecular formula is C19H11Cl4N3O2. The number of aromatic nitrogens is 1. The fourth-order valence-electron chi connectivity index (χ4n) is 2.23. The molecule has 28 heavy (non-hydrogen) atoms. The predicted octanol–water partition coefficient (Wildman–Crippen LogP) is 6.20. The number of amides is 2. The van der Waals surface area contributed by atoms with Crippen molar-refractivity contribution < 1.29 is 9.59 Å². The van der Waals surface area contributed by atoms with Crippen molar-refractivity contribution in [3.63, 3.8) is 0 Å². The van der Waals surface area contributed by atoms with Gasteiger partial charge in [0.1, 0.15) is 11.4 Å². The number of anilines is 2. The summed E-state index contributed by atoms with van der Waals surface area (Å²) in [4.78, 5) is 28.9. The second kappa shape index (κ2) is 8.80. The van der Waals surface area contributed by atoms with Gasteiger partial charge in [-0.05, 0) is 48.5 Å². The van der Waals surface area contributed by atoms with Crippen LogP contribution in [0.3, 0.4) is 0 Å². The summed E-state index contributed by atoms with van der Waals surface area (Å²) in [5, 5.41) is 6.66. The third-order valence-corrected chi connectivity index (χ3v) is 5.05. The number of rotatable bonds is 4. The normalized spacial score (nSPS) is 10.4. The number of nitrogens with one attached hydrogen (secondary N) is 2. The average Bonchev–Trinajstić information content (AvgIpc) is 2.67. The van der Waals surface area contributed by atoms with E-state index in [0.717, 1.165) is 0 Å². The molecule has 0 fully saturated rings. The minimum absolute atomic E-state index is 0.0628. The molecule has 0 radical (unpaired) electrons. The van der Waals surface area contributed by atoms with E-state index in [0.29, 0.717) is 31.5 Å². The van der Waals surface area contributed by atoms with Gasteiger partial charge in [0.15, 0.2) is 0 Å². The highest BCUT2D eigenvalue weighted by molar-refractivity contribution is 6.42. The molecule has 3 rings (SSSR count). The minimum Gasteiger partial charge on any atom is -0.321 e. The van der Waals surface area contributed by atoms with Crippen molar-refractivity contribution in [3.8, 4) is 0 Å². The van der Waals surface area contributed by atoms with Gasteiger partial charge in [-0.25, -0.2) is 4.98 Å². The van der Waals surface area contributed by atoms with Crippen LogP contribution in [-0.4, -0.2) is 16.8 Å². The summed E-state index contributed by atoms with van der Waals surface area (Å²) in [7, 11) is 0. The van der Waals surface area contributed by atoms with E-state index in [2.05, 4.69) is 15.6 Å². The van der Waals surface area contributed by atoms with Crippen molar-refractivity contribution in [1.29, 1.82) is 0 Å². The second-order valence-corrected chi connectivity index (χ2v) is 7.20. The van der Waals surface area contributed by atoms with Gasteiger partial charge >= 0.3 is 0 Å². The summed E-state index contributed by atoms with van der Waals surface area (Å²) >= 11 is 23.6. The van der Waals surface area contributed by atoms with E-state index in [1.807, 2.05) is 0 Å². The Hall–Kier alpha value is -2.31. The van der Waals surface area contributed by atoms with E-state index in [1.165, 1.54) is 24.3 Å². The van der Waals surface area contributed by atoms with Crippen LogP contribution in [0, 0.1) is 0 Å². The Morgan fingerprint density at radius 1 is 0.643 bits per heavy atom. The van der Waals surface area contributed by atoms with Crippen LogP contribution in [0.2, 0.25) is 20.1 Å². The molecule has 142 valence electrons. The molecule has 9 heteroatoms. The molecule has 0 aliphatic rings. The van der Waals surface area contributed by atoms with Gasteiger partial charge in [-0.3, -0.25) is 9.59 Å². The molecule has 5 nitrogen and oxygen atoms in total. The summed E-state index contributed by atoms with van der Waals surface area (Å²) in [5.41, 5.74) is 1.03. The molecular weight excluding hydrogens is 444 g/mol. The highest BCUT2D eigenvalue weighted by Crippen LogP contribution is 2.26. The van der Waals surface area contributed by atoms with Crippen LogP contribution in [-0.2, 0) is 0 Å². The largest absolute Gasteiger partial charge is 0.321 e. The smallest absolute Gasteiger partial charge is 0.274 e. The van der Waals surface area contributed by atoms with Crippen molar-refractivity contribution in [2.45, 2.75) is 0 Å². The van der Waals surface area contributed by atoms with Crippen LogP contribution in [0.1, 0.15) is 21.0 Å². The summed E-state index contributed by atoms with van der Waals surface area (Å²) < 4.78 is 0. The van der Waals surface area contributed by atoms with Crippen molar-refractivity contribution in [2.75, 3.05) is 10.6 Å². The number of nitrogens with zero attached hydrogens (tertiary/aromatic N) is 1. The molecule has 0 bridgehead atoms. The Labute approximate surface area is 180 Å². The fraction of sp³-hybridized carbons (Fsp3) is 0. The monoisotopic (exact) mass is 453 g/mol. The number of benzene rings is 2. The lowest BCUT2D eigenvalue weighted by Gasteiger charge is -2.08. The maximum absolute atomic E-state index is 12.4. The van der Waals surface area contributed by atoms with E-state index < -0.39 is 11.8 Å². The highest BCUT2D eigenvalue weighted by atomic mass is 35.5. The summed E-state index contributed by atoms with van der Waals surface area (Å²) in [5.74, 6) is -0.995. The van der Waals surface area contributed by atoms with Crippen molar-refractivity contribution in [2.24, 2.45) is 0 Å². The maximum atomic E-state index is 12.4. The zero-order chi connectivity index (χ0) is 20.3. The van der Waals surface area contributed by atoms with E-state index in [9.17, 15) is 9.59 Å². The summed E-state index contributed by atoms with van der Waals surface area (Å²) in [6.07, 6.45) is 0. The molecule has 3 aromatic rings. The molecule has 2 amide bonds. The predicted molar refractivity (Wildman–Crippen MR) is 113 cm³/mol. The molecule has 1 aromatic heterocycles. The van der Waals surface area contributed by atoms with Gasteiger partial charge in [-0.1, -0.05) is 52.5 Å². The van der Waals surface area contributed by atoms with Gasteiger partial charge in [0, 0.05) is 11.4 Å². The van der Waals surface area contributed by atoms with Gasteiger partial charge < -0.3 is 10.6 Å². The van der Waals surface area contributed by atoms with Gasteiger partial charge in [0.2, 0.25) is 0 Å². The molecule has 0 aliphatic carbocycles. The Morgan fingerprint density at radius 2 is 1.07 bits per heavy atom. The number of halogens is 4. The fourth-order valence-corrected chi connectivity index (χ4v) is 2.82. The molecule has 0 unspecified atom stereocenters. The molecule has 1 heterocycles. The summed E-state index contributed by atoms with van der Waals surface area (Å²) in [6.45, 7) is 0. The zero-order valence-electron chi connectivity index (χ0n) is 14.0. The number of carbonyl (C=O) groups is 2. The van der Waals surface area contributed by atoms with Crippen LogP contribution in [0.4, 0.5) is 11.4 Å². The van der Waals surface area contributed by atoms with Gasteiger partial charge in [0.05, 0.1) is 20.1 Å². The van der Waals surface area contributed by atoms with Crippen molar-refractivity contribution in [1.82, 2.24) is 4.98 Å².